The first-order valence-corrected chi connectivity index (χ1v) is 8.64. The zero-order valence-corrected chi connectivity index (χ0v) is 13.7. The number of β-amino-alcohol motifs (C(OH)–C–C–N with tert-alkyl or cyclic N) is 1. The lowest BCUT2D eigenvalue weighted by Crippen LogP contribution is -2.24. The van der Waals surface area contributed by atoms with Gasteiger partial charge in [0.15, 0.2) is 0 Å². The number of nitrogens with zero attached hydrogens (tertiary/aromatic N) is 2. The van der Waals surface area contributed by atoms with Gasteiger partial charge in [-0.05, 0) is 42.2 Å². The van der Waals surface area contributed by atoms with Gasteiger partial charge in [0.1, 0.15) is 0 Å². The molecule has 2 aromatic heterocycles. The van der Waals surface area contributed by atoms with Gasteiger partial charge in [0, 0.05) is 55.0 Å². The fraction of sp³-hybridized carbons (Fsp3) is 0.350. The second kappa shape index (κ2) is 6.75. The van der Waals surface area contributed by atoms with Crippen LogP contribution in [0.3, 0.4) is 0 Å². The summed E-state index contributed by atoms with van der Waals surface area (Å²) in [6, 6.07) is 12.5. The molecule has 1 saturated heterocycles. The largest absolute Gasteiger partial charge is 0.391 e. The number of likely N-dealkylation sites (tertiary alicyclic amines) is 1. The van der Waals surface area contributed by atoms with Gasteiger partial charge in [-0.15, -0.1) is 0 Å². The van der Waals surface area contributed by atoms with Crippen LogP contribution in [-0.2, 0) is 12.8 Å². The average molecular weight is 321 g/mol. The number of aliphatic hydroxyl groups is 1. The van der Waals surface area contributed by atoms with Crippen LogP contribution in [0.4, 0.5) is 0 Å². The van der Waals surface area contributed by atoms with Gasteiger partial charge in [0.25, 0.3) is 0 Å². The Bertz CT molecular complexity index is 799. The molecule has 0 spiro atoms. The van der Waals surface area contributed by atoms with Crippen LogP contribution in [-0.4, -0.2) is 45.7 Å². The van der Waals surface area contributed by atoms with E-state index in [1.54, 1.807) is 0 Å². The molecule has 4 rings (SSSR count). The maximum Gasteiger partial charge on any atom is 0.0710 e. The number of hydrogen-bond donors (Lipinski definition) is 2. The molecule has 2 atom stereocenters. The van der Waals surface area contributed by atoms with E-state index in [-0.39, 0.29) is 6.10 Å². The summed E-state index contributed by atoms with van der Waals surface area (Å²) < 4.78 is 0. The number of hydrogen-bond acceptors (Lipinski definition) is 3. The molecule has 3 aromatic rings. The van der Waals surface area contributed by atoms with Crippen LogP contribution in [0.1, 0.15) is 11.1 Å². The number of aromatic nitrogens is 2. The Kier molecular flexibility index (Phi) is 4.32. The number of aliphatic hydroxyl groups excluding tert-OH is 1. The number of benzene rings is 1. The van der Waals surface area contributed by atoms with Gasteiger partial charge in [0.05, 0.1) is 6.10 Å². The van der Waals surface area contributed by atoms with Gasteiger partial charge in [-0.3, -0.25) is 4.98 Å². The van der Waals surface area contributed by atoms with Crippen LogP contribution in [0.15, 0.2) is 55.0 Å². The average Bonchev–Trinajstić information content (AvgIpc) is 3.18. The van der Waals surface area contributed by atoms with Crippen molar-refractivity contribution in [2.75, 3.05) is 19.6 Å². The van der Waals surface area contributed by atoms with Crippen molar-refractivity contribution in [1.29, 1.82) is 0 Å². The summed E-state index contributed by atoms with van der Waals surface area (Å²) in [7, 11) is 0. The van der Waals surface area contributed by atoms with Crippen LogP contribution in [0.5, 0.6) is 0 Å². The van der Waals surface area contributed by atoms with Crippen molar-refractivity contribution in [3.05, 3.63) is 66.1 Å². The second-order valence-electron chi connectivity index (χ2n) is 6.76. The first kappa shape index (κ1) is 15.4. The van der Waals surface area contributed by atoms with Gasteiger partial charge >= 0.3 is 0 Å². The quantitative estimate of drug-likeness (QED) is 0.759. The minimum absolute atomic E-state index is 0.235. The molecule has 1 aliphatic rings. The number of rotatable bonds is 5. The Labute approximate surface area is 142 Å². The summed E-state index contributed by atoms with van der Waals surface area (Å²) in [5, 5.41) is 11.7. The van der Waals surface area contributed by atoms with Crippen LogP contribution in [0, 0.1) is 5.92 Å². The Balaban J connectivity index is 1.36. The smallest absolute Gasteiger partial charge is 0.0710 e. The predicted octanol–water partition coefficient (Wildman–Crippen LogP) is 2.64. The number of H-pyrrole nitrogens is 1. The standard InChI is InChI=1S/C20H23N3O/c24-20-14-23(13-17(20)11-15-5-8-21-9-6-15)10-7-16-12-22-19-4-2-1-3-18(16)19/h1-6,8-9,12,17,20,22,24H,7,10-11,13-14H2/t17-,20-/m1/s1. The minimum atomic E-state index is -0.235. The van der Waals surface area contributed by atoms with Crippen LogP contribution in [0.2, 0.25) is 0 Å². The van der Waals surface area contributed by atoms with Gasteiger partial charge in [-0.2, -0.15) is 0 Å². The fourth-order valence-electron chi connectivity index (χ4n) is 3.76. The molecule has 0 saturated carbocycles. The number of para-hydroxylation sites is 1. The zero-order chi connectivity index (χ0) is 16.4. The van der Waals surface area contributed by atoms with Crippen LogP contribution < -0.4 is 0 Å². The molecule has 0 unspecified atom stereocenters. The molecule has 24 heavy (non-hydrogen) atoms. The van der Waals surface area contributed by atoms with Gasteiger partial charge in [-0.1, -0.05) is 18.2 Å². The molecule has 0 aliphatic carbocycles. The topological polar surface area (TPSA) is 52.1 Å². The Morgan fingerprint density at radius 1 is 1.12 bits per heavy atom. The van der Waals surface area contributed by atoms with Crippen LogP contribution >= 0.6 is 0 Å². The molecule has 0 radical (unpaired) electrons. The predicted molar refractivity (Wildman–Crippen MR) is 95.9 cm³/mol. The van der Waals surface area contributed by atoms with E-state index >= 15 is 0 Å². The molecule has 2 N–H and O–H groups in total. The molecule has 0 amide bonds. The van der Waals surface area contributed by atoms with E-state index in [9.17, 15) is 5.11 Å². The molecule has 0 bridgehead atoms. The van der Waals surface area contributed by atoms with Crippen molar-refractivity contribution in [2.45, 2.75) is 18.9 Å². The van der Waals surface area contributed by atoms with E-state index in [1.165, 1.54) is 22.0 Å². The SMILES string of the molecule is O[C@@H]1CN(CCc2c[nH]c3ccccc23)C[C@H]1Cc1ccncc1. The summed E-state index contributed by atoms with van der Waals surface area (Å²) in [4.78, 5) is 9.79. The highest BCUT2D eigenvalue weighted by molar-refractivity contribution is 5.83. The van der Waals surface area contributed by atoms with Crippen LogP contribution in [0.25, 0.3) is 10.9 Å². The third kappa shape index (κ3) is 3.21. The normalized spacial score (nSPS) is 21.5. The van der Waals surface area contributed by atoms with Gasteiger partial charge in [-0.25, -0.2) is 0 Å². The Morgan fingerprint density at radius 3 is 2.83 bits per heavy atom. The first-order chi connectivity index (χ1) is 11.8. The molecule has 4 heteroatoms. The van der Waals surface area contributed by atoms with Crippen molar-refractivity contribution >= 4 is 10.9 Å². The summed E-state index contributed by atoms with van der Waals surface area (Å²) in [5.41, 5.74) is 3.81. The van der Waals surface area contributed by atoms with Crippen molar-refractivity contribution < 1.29 is 5.11 Å². The molecule has 4 nitrogen and oxygen atoms in total. The molecule has 1 aromatic carbocycles. The third-order valence-corrected chi connectivity index (χ3v) is 5.10. The van der Waals surface area contributed by atoms with E-state index in [1.807, 2.05) is 24.5 Å². The maximum absolute atomic E-state index is 10.4. The van der Waals surface area contributed by atoms with E-state index in [2.05, 4.69) is 45.3 Å². The molecule has 1 aliphatic heterocycles. The van der Waals surface area contributed by atoms with E-state index in [4.69, 9.17) is 0 Å². The molecule has 3 heterocycles. The third-order valence-electron chi connectivity index (χ3n) is 5.10. The number of nitrogens with one attached hydrogen (secondary N) is 1. The fourth-order valence-corrected chi connectivity index (χ4v) is 3.76. The van der Waals surface area contributed by atoms with Gasteiger partial charge < -0.3 is 15.0 Å². The highest BCUT2D eigenvalue weighted by atomic mass is 16.3. The molecular weight excluding hydrogens is 298 g/mol. The van der Waals surface area contributed by atoms with Crippen molar-refractivity contribution in [1.82, 2.24) is 14.9 Å². The lowest BCUT2D eigenvalue weighted by atomic mass is 9.97. The van der Waals surface area contributed by atoms with Crippen molar-refractivity contribution in [3.63, 3.8) is 0 Å². The number of pyridine rings is 1. The molecule has 124 valence electrons. The second-order valence-corrected chi connectivity index (χ2v) is 6.76. The summed E-state index contributed by atoms with van der Waals surface area (Å²) >= 11 is 0. The Morgan fingerprint density at radius 2 is 1.96 bits per heavy atom. The highest BCUT2D eigenvalue weighted by Gasteiger charge is 2.30. The van der Waals surface area contributed by atoms with Gasteiger partial charge in [0.2, 0.25) is 0 Å². The summed E-state index contributed by atoms with van der Waals surface area (Å²) in [6.07, 6.45) is 7.47. The minimum Gasteiger partial charge on any atom is -0.391 e. The monoisotopic (exact) mass is 321 g/mol. The molecular formula is C20H23N3O. The lowest BCUT2D eigenvalue weighted by Gasteiger charge is -2.15. The van der Waals surface area contributed by atoms with Crippen molar-refractivity contribution in [2.24, 2.45) is 5.92 Å². The van der Waals surface area contributed by atoms with E-state index in [0.29, 0.717) is 5.92 Å². The van der Waals surface area contributed by atoms with E-state index < -0.39 is 0 Å². The van der Waals surface area contributed by atoms with Crippen molar-refractivity contribution in [3.8, 4) is 0 Å². The summed E-state index contributed by atoms with van der Waals surface area (Å²) in [5.74, 6) is 0.315. The van der Waals surface area contributed by atoms with E-state index in [0.717, 1.165) is 32.5 Å². The summed E-state index contributed by atoms with van der Waals surface area (Å²) in [6.45, 7) is 2.73. The molecule has 1 fully saturated rings. The Hall–Kier alpha value is -2.17. The first-order valence-electron chi connectivity index (χ1n) is 8.64. The zero-order valence-electron chi connectivity index (χ0n) is 13.7. The number of fused-ring (bicyclic) bond motifs is 1. The maximum atomic E-state index is 10.4. The highest BCUT2D eigenvalue weighted by Crippen LogP contribution is 2.23. The number of aromatic amines is 1. The lowest BCUT2D eigenvalue weighted by molar-refractivity contribution is 0.141.